The first-order chi connectivity index (χ1) is 12.2. The standard InChI is InChI=1S/C20H20O5/c1-11-12(2)20(14-4-6-16-18(8-14)24-10-22-16)25-19(11)13-3-5-15-17(7-13)23-9-21-15/h3-8,11-12,19-20H,9-10H2,1-2H3/t11-,12-,19-,20+/m1/s1. The lowest BCUT2D eigenvalue weighted by Crippen LogP contribution is -2.09. The average Bonchev–Trinajstić information content (AvgIpc) is 3.34. The first kappa shape index (κ1) is 14.9. The Labute approximate surface area is 146 Å². The van der Waals surface area contributed by atoms with E-state index in [-0.39, 0.29) is 25.8 Å². The highest BCUT2D eigenvalue weighted by atomic mass is 16.7. The minimum atomic E-state index is 0.0277. The maximum atomic E-state index is 6.48. The molecule has 0 bridgehead atoms. The Kier molecular flexibility index (Phi) is 3.31. The van der Waals surface area contributed by atoms with E-state index in [1.165, 1.54) is 0 Å². The van der Waals surface area contributed by atoms with Gasteiger partial charge in [-0.25, -0.2) is 0 Å². The Balaban J connectivity index is 1.44. The minimum absolute atomic E-state index is 0.0277. The van der Waals surface area contributed by atoms with Crippen LogP contribution in [0.4, 0.5) is 0 Å². The quantitative estimate of drug-likeness (QED) is 0.819. The fourth-order valence-corrected chi connectivity index (χ4v) is 3.90. The minimum Gasteiger partial charge on any atom is -0.454 e. The Morgan fingerprint density at radius 2 is 1.08 bits per heavy atom. The fraction of sp³-hybridized carbons (Fsp3) is 0.400. The van der Waals surface area contributed by atoms with E-state index in [2.05, 4.69) is 26.0 Å². The average molecular weight is 340 g/mol. The molecule has 5 nitrogen and oxygen atoms in total. The lowest BCUT2D eigenvalue weighted by atomic mass is 9.85. The lowest BCUT2D eigenvalue weighted by molar-refractivity contribution is 0.0288. The SMILES string of the molecule is C[C@@H]1[C@@H](C)[C@H](c2ccc3c(c2)OCO3)O[C@@H]1c1ccc2c(c1)OCO2. The monoisotopic (exact) mass is 340 g/mol. The molecule has 130 valence electrons. The number of hydrogen-bond donors (Lipinski definition) is 0. The predicted molar refractivity (Wildman–Crippen MR) is 90.0 cm³/mol. The molecule has 3 heterocycles. The van der Waals surface area contributed by atoms with Crippen molar-refractivity contribution in [2.24, 2.45) is 11.8 Å². The zero-order valence-electron chi connectivity index (χ0n) is 14.2. The zero-order valence-corrected chi connectivity index (χ0v) is 14.2. The van der Waals surface area contributed by atoms with Crippen molar-refractivity contribution in [3.8, 4) is 23.0 Å². The van der Waals surface area contributed by atoms with Crippen LogP contribution in [0.3, 0.4) is 0 Å². The zero-order chi connectivity index (χ0) is 17.0. The number of hydrogen-bond acceptors (Lipinski definition) is 5. The van der Waals surface area contributed by atoms with Crippen molar-refractivity contribution in [2.45, 2.75) is 26.1 Å². The van der Waals surface area contributed by atoms with Crippen LogP contribution < -0.4 is 18.9 Å². The van der Waals surface area contributed by atoms with E-state index in [9.17, 15) is 0 Å². The molecule has 3 aliphatic heterocycles. The van der Waals surface area contributed by atoms with E-state index < -0.39 is 0 Å². The van der Waals surface area contributed by atoms with Crippen LogP contribution in [0.1, 0.15) is 37.2 Å². The van der Waals surface area contributed by atoms with Gasteiger partial charge < -0.3 is 23.7 Å². The highest BCUT2D eigenvalue weighted by Crippen LogP contribution is 2.51. The summed E-state index contributed by atoms with van der Waals surface area (Å²) >= 11 is 0. The van der Waals surface area contributed by atoms with Crippen molar-refractivity contribution < 1.29 is 23.7 Å². The first-order valence-electron chi connectivity index (χ1n) is 8.65. The van der Waals surface area contributed by atoms with Gasteiger partial charge in [-0.1, -0.05) is 26.0 Å². The lowest BCUT2D eigenvalue weighted by Gasteiger charge is -2.17. The van der Waals surface area contributed by atoms with E-state index in [0.29, 0.717) is 11.8 Å². The Morgan fingerprint density at radius 3 is 1.56 bits per heavy atom. The van der Waals surface area contributed by atoms with E-state index in [1.54, 1.807) is 0 Å². The van der Waals surface area contributed by atoms with Crippen molar-refractivity contribution in [1.82, 2.24) is 0 Å². The van der Waals surface area contributed by atoms with Crippen LogP contribution in [0.15, 0.2) is 36.4 Å². The summed E-state index contributed by atoms with van der Waals surface area (Å²) in [6.45, 7) is 5.06. The van der Waals surface area contributed by atoms with Crippen LogP contribution >= 0.6 is 0 Å². The van der Waals surface area contributed by atoms with Crippen molar-refractivity contribution in [3.63, 3.8) is 0 Å². The maximum Gasteiger partial charge on any atom is 0.231 e. The van der Waals surface area contributed by atoms with Gasteiger partial charge in [0, 0.05) is 0 Å². The summed E-state index contributed by atoms with van der Waals surface area (Å²) < 4.78 is 28.3. The molecule has 0 amide bonds. The second-order valence-electron chi connectivity index (χ2n) is 6.92. The Morgan fingerprint density at radius 1 is 0.640 bits per heavy atom. The van der Waals surface area contributed by atoms with E-state index in [1.807, 2.05) is 24.3 Å². The van der Waals surface area contributed by atoms with Gasteiger partial charge in [-0.05, 0) is 47.2 Å². The largest absolute Gasteiger partial charge is 0.454 e. The predicted octanol–water partition coefficient (Wildman–Crippen LogP) is 4.23. The molecule has 0 saturated carbocycles. The molecule has 5 rings (SSSR count). The fourth-order valence-electron chi connectivity index (χ4n) is 3.90. The Bertz CT molecular complexity index is 750. The van der Waals surface area contributed by atoms with E-state index >= 15 is 0 Å². The summed E-state index contributed by atoms with van der Waals surface area (Å²) in [5, 5.41) is 0. The van der Waals surface area contributed by atoms with Crippen molar-refractivity contribution >= 4 is 0 Å². The van der Waals surface area contributed by atoms with Crippen molar-refractivity contribution in [2.75, 3.05) is 13.6 Å². The molecule has 0 aliphatic carbocycles. The molecular formula is C20H20O5. The van der Waals surface area contributed by atoms with Crippen LogP contribution in [0.25, 0.3) is 0 Å². The molecule has 3 aliphatic rings. The summed E-state index contributed by atoms with van der Waals surface area (Å²) in [4.78, 5) is 0. The highest BCUT2D eigenvalue weighted by molar-refractivity contribution is 5.47. The molecule has 2 aromatic carbocycles. The second kappa shape index (κ2) is 5.56. The summed E-state index contributed by atoms with van der Waals surface area (Å²) in [5.74, 6) is 3.97. The molecule has 5 heteroatoms. The normalized spacial score (nSPS) is 29.2. The molecule has 1 fully saturated rings. The van der Waals surface area contributed by atoms with Gasteiger partial charge in [0.15, 0.2) is 23.0 Å². The molecule has 0 radical (unpaired) electrons. The first-order valence-corrected chi connectivity index (χ1v) is 8.65. The second-order valence-corrected chi connectivity index (χ2v) is 6.92. The molecule has 4 atom stereocenters. The van der Waals surface area contributed by atoms with Crippen molar-refractivity contribution in [3.05, 3.63) is 47.5 Å². The van der Waals surface area contributed by atoms with Gasteiger partial charge in [0.25, 0.3) is 0 Å². The summed E-state index contributed by atoms with van der Waals surface area (Å²) in [7, 11) is 0. The molecule has 0 unspecified atom stereocenters. The molecule has 0 N–H and O–H groups in total. The van der Waals surface area contributed by atoms with Gasteiger partial charge in [0.2, 0.25) is 13.6 Å². The van der Waals surface area contributed by atoms with Gasteiger partial charge in [-0.15, -0.1) is 0 Å². The number of ether oxygens (including phenoxy) is 5. The van der Waals surface area contributed by atoms with Crippen LogP contribution in [0, 0.1) is 11.8 Å². The van der Waals surface area contributed by atoms with Crippen LogP contribution in [0.2, 0.25) is 0 Å². The van der Waals surface area contributed by atoms with Crippen molar-refractivity contribution in [1.29, 1.82) is 0 Å². The van der Waals surface area contributed by atoms with Gasteiger partial charge in [-0.2, -0.15) is 0 Å². The molecule has 2 aromatic rings. The summed E-state index contributed by atoms with van der Waals surface area (Å²) in [6.07, 6.45) is 0.0554. The smallest absolute Gasteiger partial charge is 0.231 e. The topological polar surface area (TPSA) is 46.2 Å². The van der Waals surface area contributed by atoms with E-state index in [0.717, 1.165) is 34.1 Å². The maximum absolute atomic E-state index is 6.48. The third-order valence-electron chi connectivity index (χ3n) is 5.53. The number of fused-ring (bicyclic) bond motifs is 2. The molecule has 25 heavy (non-hydrogen) atoms. The molecule has 1 saturated heterocycles. The van der Waals surface area contributed by atoms with E-state index in [4.69, 9.17) is 23.7 Å². The third-order valence-corrected chi connectivity index (χ3v) is 5.53. The number of benzene rings is 2. The van der Waals surface area contributed by atoms with Crippen LogP contribution in [-0.4, -0.2) is 13.6 Å². The molecule has 0 spiro atoms. The Hall–Kier alpha value is -2.40. The van der Waals surface area contributed by atoms with Gasteiger partial charge in [-0.3, -0.25) is 0 Å². The van der Waals surface area contributed by atoms with Gasteiger partial charge in [0.05, 0.1) is 12.2 Å². The molecular weight excluding hydrogens is 320 g/mol. The van der Waals surface area contributed by atoms with Gasteiger partial charge >= 0.3 is 0 Å². The van der Waals surface area contributed by atoms with Crippen LogP contribution in [0.5, 0.6) is 23.0 Å². The molecule has 0 aromatic heterocycles. The van der Waals surface area contributed by atoms with Crippen LogP contribution in [-0.2, 0) is 4.74 Å². The summed E-state index contributed by atoms with van der Waals surface area (Å²) in [5.41, 5.74) is 2.26. The third kappa shape index (κ3) is 2.34. The van der Waals surface area contributed by atoms with Gasteiger partial charge in [0.1, 0.15) is 0 Å². The highest BCUT2D eigenvalue weighted by Gasteiger charge is 2.41. The number of rotatable bonds is 2. The summed E-state index contributed by atoms with van der Waals surface area (Å²) in [6, 6.07) is 12.2.